The summed E-state index contributed by atoms with van der Waals surface area (Å²) in [7, 11) is 0. The molecule has 0 radical (unpaired) electrons. The van der Waals surface area contributed by atoms with E-state index < -0.39 is 0 Å². The fourth-order valence-electron chi connectivity index (χ4n) is 2.93. The highest BCUT2D eigenvalue weighted by Gasteiger charge is 2.34. The van der Waals surface area contributed by atoms with Gasteiger partial charge in [-0.05, 0) is 55.7 Å². The Morgan fingerprint density at radius 1 is 1.11 bits per heavy atom. The molecule has 2 N–H and O–H groups in total. The van der Waals surface area contributed by atoms with Gasteiger partial charge in [0.05, 0.1) is 0 Å². The van der Waals surface area contributed by atoms with Crippen molar-refractivity contribution in [1.82, 2.24) is 4.90 Å². The standard InChI is InChI=1S/C16H22N2O/c17-15-5-1-12(2-6-15)11-13-7-9-18(10-8-13)16(19)14-3-4-14/h1-2,5-6,13-14H,3-4,7-11,17H2. The van der Waals surface area contributed by atoms with E-state index in [-0.39, 0.29) is 0 Å². The number of nitrogen functional groups attached to an aromatic ring is 1. The van der Waals surface area contributed by atoms with E-state index in [0.717, 1.165) is 50.9 Å². The minimum Gasteiger partial charge on any atom is -0.399 e. The van der Waals surface area contributed by atoms with E-state index in [0.29, 0.717) is 17.7 Å². The lowest BCUT2D eigenvalue weighted by atomic mass is 9.90. The van der Waals surface area contributed by atoms with Crippen molar-refractivity contribution in [3.63, 3.8) is 0 Å². The third-order valence-corrected chi connectivity index (χ3v) is 4.36. The summed E-state index contributed by atoms with van der Waals surface area (Å²) < 4.78 is 0. The summed E-state index contributed by atoms with van der Waals surface area (Å²) in [6.07, 6.45) is 5.63. The van der Waals surface area contributed by atoms with Gasteiger partial charge in [-0.2, -0.15) is 0 Å². The molecule has 3 heteroatoms. The van der Waals surface area contributed by atoms with Crippen LogP contribution in [0.2, 0.25) is 0 Å². The zero-order chi connectivity index (χ0) is 13.2. The molecule has 1 saturated heterocycles. The SMILES string of the molecule is Nc1ccc(CC2CCN(C(=O)C3CC3)CC2)cc1. The van der Waals surface area contributed by atoms with Crippen molar-refractivity contribution in [2.75, 3.05) is 18.8 Å². The molecule has 1 aromatic carbocycles. The van der Waals surface area contributed by atoms with Gasteiger partial charge in [0, 0.05) is 24.7 Å². The van der Waals surface area contributed by atoms with Crippen molar-refractivity contribution in [1.29, 1.82) is 0 Å². The van der Waals surface area contributed by atoms with Crippen molar-refractivity contribution in [2.24, 2.45) is 11.8 Å². The molecule has 3 rings (SSSR count). The van der Waals surface area contributed by atoms with E-state index in [1.807, 2.05) is 12.1 Å². The minimum atomic E-state index is 0.369. The van der Waals surface area contributed by atoms with Gasteiger partial charge in [0.1, 0.15) is 0 Å². The van der Waals surface area contributed by atoms with Crippen LogP contribution in [-0.4, -0.2) is 23.9 Å². The minimum absolute atomic E-state index is 0.369. The number of nitrogens with two attached hydrogens (primary N) is 1. The average molecular weight is 258 g/mol. The predicted molar refractivity (Wildman–Crippen MR) is 76.6 cm³/mol. The first-order valence-corrected chi connectivity index (χ1v) is 7.35. The molecule has 2 aliphatic rings. The highest BCUT2D eigenvalue weighted by atomic mass is 16.2. The second-order valence-electron chi connectivity index (χ2n) is 5.99. The molecule has 0 aromatic heterocycles. The van der Waals surface area contributed by atoms with Gasteiger partial charge in [-0.3, -0.25) is 4.79 Å². The maximum atomic E-state index is 12.0. The number of hydrogen-bond donors (Lipinski definition) is 1. The molecule has 1 aliphatic carbocycles. The van der Waals surface area contributed by atoms with E-state index in [4.69, 9.17) is 5.73 Å². The number of carbonyl (C=O) groups excluding carboxylic acids is 1. The molecular formula is C16H22N2O. The smallest absolute Gasteiger partial charge is 0.225 e. The first-order valence-electron chi connectivity index (χ1n) is 7.35. The number of piperidine rings is 1. The fourth-order valence-corrected chi connectivity index (χ4v) is 2.93. The van der Waals surface area contributed by atoms with E-state index in [1.165, 1.54) is 5.56 Å². The van der Waals surface area contributed by atoms with Crippen LogP contribution in [0.25, 0.3) is 0 Å². The molecule has 0 atom stereocenters. The van der Waals surface area contributed by atoms with Crippen molar-refractivity contribution in [3.8, 4) is 0 Å². The lowest BCUT2D eigenvalue weighted by Crippen LogP contribution is -2.39. The van der Waals surface area contributed by atoms with Crippen molar-refractivity contribution < 1.29 is 4.79 Å². The highest BCUT2D eigenvalue weighted by Crippen LogP contribution is 2.32. The zero-order valence-electron chi connectivity index (χ0n) is 11.3. The van der Waals surface area contributed by atoms with Gasteiger partial charge in [-0.25, -0.2) is 0 Å². The van der Waals surface area contributed by atoms with Crippen LogP contribution in [0.1, 0.15) is 31.2 Å². The molecule has 1 amide bonds. The van der Waals surface area contributed by atoms with Crippen LogP contribution in [-0.2, 0) is 11.2 Å². The van der Waals surface area contributed by atoms with Gasteiger partial charge >= 0.3 is 0 Å². The Labute approximate surface area is 114 Å². The van der Waals surface area contributed by atoms with Crippen molar-refractivity contribution in [2.45, 2.75) is 32.1 Å². The fraction of sp³-hybridized carbons (Fsp3) is 0.562. The van der Waals surface area contributed by atoms with E-state index in [1.54, 1.807) is 0 Å². The van der Waals surface area contributed by atoms with Crippen molar-refractivity contribution >= 4 is 11.6 Å². The number of rotatable bonds is 3. The van der Waals surface area contributed by atoms with Crippen LogP contribution in [0.3, 0.4) is 0 Å². The Morgan fingerprint density at radius 3 is 2.32 bits per heavy atom. The molecule has 0 bridgehead atoms. The molecule has 1 saturated carbocycles. The number of carbonyl (C=O) groups is 1. The topological polar surface area (TPSA) is 46.3 Å². The van der Waals surface area contributed by atoms with E-state index in [2.05, 4.69) is 17.0 Å². The Hall–Kier alpha value is -1.51. The predicted octanol–water partition coefficient (Wildman–Crippen LogP) is 2.46. The summed E-state index contributed by atoms with van der Waals surface area (Å²) >= 11 is 0. The maximum Gasteiger partial charge on any atom is 0.225 e. The third-order valence-electron chi connectivity index (χ3n) is 4.36. The average Bonchev–Trinajstić information content (AvgIpc) is 3.26. The molecule has 2 fully saturated rings. The van der Waals surface area contributed by atoms with Crippen LogP contribution in [0, 0.1) is 11.8 Å². The number of likely N-dealkylation sites (tertiary alicyclic amines) is 1. The van der Waals surface area contributed by atoms with Gasteiger partial charge < -0.3 is 10.6 Å². The number of nitrogens with zero attached hydrogens (tertiary/aromatic N) is 1. The number of amides is 1. The van der Waals surface area contributed by atoms with Crippen LogP contribution >= 0.6 is 0 Å². The summed E-state index contributed by atoms with van der Waals surface area (Å²) in [6, 6.07) is 8.19. The largest absolute Gasteiger partial charge is 0.399 e. The Kier molecular flexibility index (Phi) is 3.45. The molecule has 3 nitrogen and oxygen atoms in total. The molecular weight excluding hydrogens is 236 g/mol. The second-order valence-corrected chi connectivity index (χ2v) is 5.99. The number of hydrogen-bond acceptors (Lipinski definition) is 2. The van der Waals surface area contributed by atoms with Crippen LogP contribution < -0.4 is 5.73 Å². The van der Waals surface area contributed by atoms with Gasteiger partial charge in [-0.15, -0.1) is 0 Å². The highest BCUT2D eigenvalue weighted by molar-refractivity contribution is 5.81. The molecule has 1 aromatic rings. The molecule has 1 heterocycles. The Balaban J connectivity index is 1.49. The lowest BCUT2D eigenvalue weighted by molar-refractivity contribution is -0.133. The van der Waals surface area contributed by atoms with Gasteiger partial charge in [0.15, 0.2) is 0 Å². The van der Waals surface area contributed by atoms with Crippen molar-refractivity contribution in [3.05, 3.63) is 29.8 Å². The normalized spacial score (nSPS) is 20.5. The monoisotopic (exact) mass is 258 g/mol. The Morgan fingerprint density at radius 2 is 1.74 bits per heavy atom. The number of benzene rings is 1. The first-order chi connectivity index (χ1) is 9.22. The van der Waals surface area contributed by atoms with Gasteiger partial charge in [-0.1, -0.05) is 12.1 Å². The first kappa shape index (κ1) is 12.5. The van der Waals surface area contributed by atoms with Gasteiger partial charge in [0.2, 0.25) is 5.91 Å². The summed E-state index contributed by atoms with van der Waals surface area (Å²) in [5, 5.41) is 0. The number of anilines is 1. The van der Waals surface area contributed by atoms with Crippen LogP contribution in [0.5, 0.6) is 0 Å². The maximum absolute atomic E-state index is 12.0. The van der Waals surface area contributed by atoms with E-state index in [9.17, 15) is 4.79 Å². The van der Waals surface area contributed by atoms with Gasteiger partial charge in [0.25, 0.3) is 0 Å². The summed E-state index contributed by atoms with van der Waals surface area (Å²) in [5.74, 6) is 1.49. The summed E-state index contributed by atoms with van der Waals surface area (Å²) in [5.41, 5.74) is 7.89. The van der Waals surface area contributed by atoms with Crippen LogP contribution in [0.4, 0.5) is 5.69 Å². The second kappa shape index (κ2) is 5.24. The lowest BCUT2D eigenvalue weighted by Gasteiger charge is -2.32. The van der Waals surface area contributed by atoms with E-state index >= 15 is 0 Å². The Bertz CT molecular complexity index is 442. The quantitative estimate of drug-likeness (QED) is 0.847. The summed E-state index contributed by atoms with van der Waals surface area (Å²) in [4.78, 5) is 14.1. The molecule has 19 heavy (non-hydrogen) atoms. The molecule has 1 aliphatic heterocycles. The third kappa shape index (κ3) is 3.09. The molecule has 0 spiro atoms. The summed E-state index contributed by atoms with van der Waals surface area (Å²) in [6.45, 7) is 1.91. The van der Waals surface area contributed by atoms with Crippen LogP contribution in [0.15, 0.2) is 24.3 Å². The zero-order valence-corrected chi connectivity index (χ0v) is 11.3. The molecule has 0 unspecified atom stereocenters. The molecule has 102 valence electrons.